The van der Waals surface area contributed by atoms with Gasteiger partial charge in [0, 0.05) is 18.2 Å². The van der Waals surface area contributed by atoms with Gasteiger partial charge in [-0.25, -0.2) is 24.0 Å². The van der Waals surface area contributed by atoms with Gasteiger partial charge < -0.3 is 19.9 Å². The van der Waals surface area contributed by atoms with E-state index in [1.54, 1.807) is 47.6 Å². The van der Waals surface area contributed by atoms with Crippen molar-refractivity contribution < 1.29 is 28.6 Å². The molecule has 34 heavy (non-hydrogen) atoms. The molecule has 1 fully saturated rings. The third-order valence-electron chi connectivity index (χ3n) is 6.41. The van der Waals surface area contributed by atoms with Crippen molar-refractivity contribution in [2.24, 2.45) is 0 Å². The van der Waals surface area contributed by atoms with Gasteiger partial charge in [-0.2, -0.15) is 0 Å². The largest absolute Gasteiger partial charge is 0.442 e. The number of nitrogens with zero attached hydrogens (tertiary/aromatic N) is 2. The van der Waals surface area contributed by atoms with Gasteiger partial charge >= 0.3 is 12.2 Å². The van der Waals surface area contributed by atoms with E-state index < -0.39 is 35.0 Å². The SMILES string of the molecule is CC(C)(C)OC(=O)N1[C@H]2C(=C[C@@H]3c4cc(F)ccc4N[C@@H]32)[C@](C)(CCO)N1C(=O)OC(C)(C)C. The van der Waals surface area contributed by atoms with E-state index in [4.69, 9.17) is 9.47 Å². The fraction of sp³-hybridized carbons (Fsp3) is 0.600. The van der Waals surface area contributed by atoms with Crippen molar-refractivity contribution in [2.45, 2.75) is 89.6 Å². The van der Waals surface area contributed by atoms with Crippen LogP contribution in [-0.2, 0) is 9.47 Å². The summed E-state index contributed by atoms with van der Waals surface area (Å²) in [5.74, 6) is -0.538. The molecule has 0 saturated carbocycles. The number of hydrazine groups is 1. The second-order valence-corrected chi connectivity index (χ2v) is 11.4. The third kappa shape index (κ3) is 4.00. The number of benzene rings is 1. The lowest BCUT2D eigenvalue weighted by Crippen LogP contribution is -2.58. The highest BCUT2D eigenvalue weighted by atomic mass is 19.1. The maximum Gasteiger partial charge on any atom is 0.430 e. The smallest absolute Gasteiger partial charge is 0.430 e. The van der Waals surface area contributed by atoms with Crippen molar-refractivity contribution in [3.05, 3.63) is 41.2 Å². The zero-order chi connectivity index (χ0) is 25.2. The molecule has 0 spiro atoms. The van der Waals surface area contributed by atoms with E-state index in [1.807, 2.05) is 13.0 Å². The summed E-state index contributed by atoms with van der Waals surface area (Å²) in [5, 5.41) is 16.0. The average molecular weight is 476 g/mol. The molecule has 3 aliphatic rings. The van der Waals surface area contributed by atoms with Crippen LogP contribution in [-0.4, -0.2) is 62.7 Å². The molecule has 2 aliphatic heterocycles. The molecular weight excluding hydrogens is 441 g/mol. The average Bonchev–Trinajstić information content (AvgIpc) is 3.26. The number of hydrogen-bond donors (Lipinski definition) is 2. The first-order chi connectivity index (χ1) is 15.7. The summed E-state index contributed by atoms with van der Waals surface area (Å²) in [7, 11) is 0. The van der Waals surface area contributed by atoms with Crippen molar-refractivity contribution in [1.29, 1.82) is 0 Å². The number of rotatable bonds is 2. The topological polar surface area (TPSA) is 91.3 Å². The van der Waals surface area contributed by atoms with Crippen molar-refractivity contribution in [2.75, 3.05) is 11.9 Å². The van der Waals surface area contributed by atoms with E-state index in [9.17, 15) is 19.1 Å². The van der Waals surface area contributed by atoms with E-state index in [0.29, 0.717) is 0 Å². The number of anilines is 1. The van der Waals surface area contributed by atoms with Crippen LogP contribution in [0.1, 0.15) is 66.4 Å². The first-order valence-electron chi connectivity index (χ1n) is 11.6. The third-order valence-corrected chi connectivity index (χ3v) is 6.41. The summed E-state index contributed by atoms with van der Waals surface area (Å²) in [6, 6.07) is 3.66. The quantitative estimate of drug-likeness (QED) is 0.610. The number of aliphatic hydroxyl groups excluding tert-OH is 1. The molecule has 1 aliphatic carbocycles. The van der Waals surface area contributed by atoms with Crippen LogP contribution in [0.15, 0.2) is 29.8 Å². The Balaban J connectivity index is 1.84. The maximum atomic E-state index is 14.1. The van der Waals surface area contributed by atoms with Gasteiger partial charge in [0.1, 0.15) is 23.1 Å². The monoisotopic (exact) mass is 475 g/mol. The van der Waals surface area contributed by atoms with Gasteiger partial charge in [0.25, 0.3) is 0 Å². The summed E-state index contributed by atoms with van der Waals surface area (Å²) in [6.45, 7) is 12.1. The van der Waals surface area contributed by atoms with E-state index in [-0.39, 0.29) is 30.8 Å². The van der Waals surface area contributed by atoms with E-state index in [0.717, 1.165) is 16.8 Å². The van der Waals surface area contributed by atoms with Crippen LogP contribution in [0.25, 0.3) is 0 Å². The van der Waals surface area contributed by atoms with Gasteiger partial charge in [-0.1, -0.05) is 6.08 Å². The van der Waals surface area contributed by atoms with Gasteiger partial charge in [0.15, 0.2) is 0 Å². The van der Waals surface area contributed by atoms with Gasteiger partial charge in [-0.3, -0.25) is 0 Å². The summed E-state index contributed by atoms with van der Waals surface area (Å²) < 4.78 is 25.5. The van der Waals surface area contributed by atoms with Gasteiger partial charge in [0.05, 0.1) is 11.6 Å². The minimum Gasteiger partial charge on any atom is -0.442 e. The zero-order valence-corrected chi connectivity index (χ0v) is 20.8. The zero-order valence-electron chi connectivity index (χ0n) is 20.8. The fourth-order valence-electron chi connectivity index (χ4n) is 5.19. The van der Waals surface area contributed by atoms with Gasteiger partial charge in [-0.05, 0) is 84.2 Å². The molecule has 0 radical (unpaired) electrons. The predicted molar refractivity (Wildman–Crippen MR) is 125 cm³/mol. The Morgan fingerprint density at radius 2 is 1.74 bits per heavy atom. The number of carbonyl (C=O) groups excluding carboxylic acids is 2. The molecule has 1 aromatic carbocycles. The van der Waals surface area contributed by atoms with Crippen LogP contribution >= 0.6 is 0 Å². The van der Waals surface area contributed by atoms with E-state index in [1.165, 1.54) is 22.2 Å². The summed E-state index contributed by atoms with van der Waals surface area (Å²) in [4.78, 5) is 27.1. The molecule has 1 saturated heterocycles. The number of carbonyl (C=O) groups is 2. The first-order valence-corrected chi connectivity index (χ1v) is 11.6. The molecule has 4 atom stereocenters. The van der Waals surface area contributed by atoms with Crippen molar-refractivity contribution in [1.82, 2.24) is 10.0 Å². The Bertz CT molecular complexity index is 1040. The Morgan fingerprint density at radius 1 is 1.12 bits per heavy atom. The molecule has 0 aromatic heterocycles. The standard InChI is InChI=1S/C25H34FN3O5/c1-23(2,3)33-21(31)28-20-17(13-16-15-12-14(26)8-9-18(15)27-19(16)20)25(7,10-11-30)29(28)22(32)34-24(4,5)6/h8-9,12-13,16,19-20,27,30H,10-11H2,1-7H3/t16-,19+,20+,25+/m1/s1. The minimum atomic E-state index is -1.04. The number of aliphatic hydroxyl groups is 1. The van der Waals surface area contributed by atoms with Crippen LogP contribution in [0.4, 0.5) is 19.7 Å². The number of halogens is 1. The lowest BCUT2D eigenvalue weighted by atomic mass is 9.87. The molecule has 2 amide bonds. The lowest BCUT2D eigenvalue weighted by molar-refractivity contribution is -0.0823. The maximum absolute atomic E-state index is 14.1. The number of ether oxygens (including phenoxy) is 2. The second kappa shape index (κ2) is 7.86. The Kier molecular flexibility index (Phi) is 5.63. The molecule has 8 nitrogen and oxygen atoms in total. The predicted octanol–water partition coefficient (Wildman–Crippen LogP) is 4.56. The summed E-state index contributed by atoms with van der Waals surface area (Å²) in [6.07, 6.45) is 0.775. The molecule has 2 N–H and O–H groups in total. The van der Waals surface area contributed by atoms with E-state index in [2.05, 4.69) is 5.32 Å². The fourth-order valence-corrected chi connectivity index (χ4v) is 5.19. The van der Waals surface area contributed by atoms with Crippen LogP contribution < -0.4 is 5.32 Å². The number of nitrogens with one attached hydrogen (secondary N) is 1. The highest BCUT2D eigenvalue weighted by Crippen LogP contribution is 2.54. The first kappa shape index (κ1) is 24.3. The molecule has 0 bridgehead atoms. The van der Waals surface area contributed by atoms with Crippen molar-refractivity contribution in [3.8, 4) is 0 Å². The van der Waals surface area contributed by atoms with Crippen LogP contribution in [0.5, 0.6) is 0 Å². The molecular formula is C25H34FN3O5. The molecule has 9 heteroatoms. The number of hydrogen-bond acceptors (Lipinski definition) is 6. The molecule has 2 heterocycles. The van der Waals surface area contributed by atoms with Crippen LogP contribution in [0, 0.1) is 5.82 Å². The summed E-state index contributed by atoms with van der Waals surface area (Å²) >= 11 is 0. The second-order valence-electron chi connectivity index (χ2n) is 11.4. The number of fused-ring (bicyclic) bond motifs is 5. The summed E-state index contributed by atoms with van der Waals surface area (Å²) in [5.41, 5.74) is -0.274. The minimum absolute atomic E-state index is 0.184. The molecule has 0 unspecified atom stereocenters. The number of amides is 2. The lowest BCUT2D eigenvalue weighted by Gasteiger charge is -2.41. The molecule has 1 aromatic rings. The van der Waals surface area contributed by atoms with Crippen molar-refractivity contribution in [3.63, 3.8) is 0 Å². The Hall–Kier alpha value is -2.81. The van der Waals surface area contributed by atoms with Gasteiger partial charge in [0.2, 0.25) is 0 Å². The van der Waals surface area contributed by atoms with Gasteiger partial charge in [-0.15, -0.1) is 0 Å². The highest BCUT2D eigenvalue weighted by molar-refractivity contribution is 5.80. The van der Waals surface area contributed by atoms with Crippen LogP contribution in [0.3, 0.4) is 0 Å². The molecule has 4 rings (SSSR count). The highest BCUT2D eigenvalue weighted by Gasteiger charge is 2.63. The Labute approximate surface area is 199 Å². The normalized spacial score (nSPS) is 27.6. The van der Waals surface area contributed by atoms with E-state index >= 15 is 0 Å². The molecule has 186 valence electrons. The van der Waals surface area contributed by atoms with Crippen molar-refractivity contribution >= 4 is 17.9 Å². The van der Waals surface area contributed by atoms with Crippen LogP contribution in [0.2, 0.25) is 0 Å². The Morgan fingerprint density at radius 3 is 2.32 bits per heavy atom.